The molecule has 92 valence electrons. The third kappa shape index (κ3) is 3.34. The van der Waals surface area contributed by atoms with Crippen molar-refractivity contribution in [2.45, 2.75) is 45.6 Å². The highest BCUT2D eigenvalue weighted by Crippen LogP contribution is 2.18. The van der Waals surface area contributed by atoms with Crippen LogP contribution in [0.5, 0.6) is 0 Å². The Morgan fingerprint density at radius 1 is 1.50 bits per heavy atom. The van der Waals surface area contributed by atoms with Gasteiger partial charge in [0.25, 0.3) is 0 Å². The van der Waals surface area contributed by atoms with Crippen LogP contribution >= 0.6 is 0 Å². The molecule has 1 fully saturated rings. The summed E-state index contributed by atoms with van der Waals surface area (Å²) in [4.78, 5) is 14.2. The van der Waals surface area contributed by atoms with Crippen LogP contribution in [0.3, 0.4) is 0 Å². The number of carbonyl (C=O) groups is 1. The molecule has 1 atom stereocenters. The summed E-state index contributed by atoms with van der Waals surface area (Å²) in [5, 5.41) is 3.18. The molecule has 1 saturated heterocycles. The van der Waals surface area contributed by atoms with Gasteiger partial charge in [0.05, 0.1) is 0 Å². The molecule has 0 spiro atoms. The molecule has 0 radical (unpaired) electrons. The minimum absolute atomic E-state index is 0.224. The molecule has 1 aliphatic rings. The number of rotatable bonds is 4. The number of amides is 1. The van der Waals surface area contributed by atoms with Crippen molar-refractivity contribution in [1.82, 2.24) is 10.2 Å². The van der Waals surface area contributed by atoms with Crippen molar-refractivity contribution in [3.63, 3.8) is 0 Å². The third-order valence-corrected chi connectivity index (χ3v) is 3.18. The van der Waals surface area contributed by atoms with Crippen molar-refractivity contribution in [3.05, 3.63) is 11.6 Å². The molecule has 0 aromatic heterocycles. The van der Waals surface area contributed by atoms with Crippen molar-refractivity contribution in [3.8, 4) is 0 Å². The fourth-order valence-electron chi connectivity index (χ4n) is 2.34. The van der Waals surface area contributed by atoms with E-state index in [0.717, 1.165) is 37.9 Å². The minimum atomic E-state index is 0.224. The van der Waals surface area contributed by atoms with Crippen molar-refractivity contribution < 1.29 is 4.79 Å². The highest BCUT2D eigenvalue weighted by molar-refractivity contribution is 5.93. The van der Waals surface area contributed by atoms with Gasteiger partial charge in [0.15, 0.2) is 0 Å². The summed E-state index contributed by atoms with van der Waals surface area (Å²) in [5.74, 6) is 0.224. The van der Waals surface area contributed by atoms with E-state index in [1.807, 2.05) is 24.9 Å². The van der Waals surface area contributed by atoms with Crippen LogP contribution in [0, 0.1) is 0 Å². The topological polar surface area (TPSA) is 32.3 Å². The summed E-state index contributed by atoms with van der Waals surface area (Å²) < 4.78 is 0. The molecule has 1 unspecified atom stereocenters. The zero-order chi connectivity index (χ0) is 12.0. The Kier molecular flexibility index (Phi) is 5.53. The molecule has 0 aromatic carbocycles. The maximum absolute atomic E-state index is 12.2. The zero-order valence-corrected chi connectivity index (χ0v) is 10.8. The maximum Gasteiger partial charge on any atom is 0.249 e. The largest absolute Gasteiger partial charge is 0.335 e. The normalized spacial score (nSPS) is 22.3. The van der Waals surface area contributed by atoms with Crippen molar-refractivity contribution in [2.75, 3.05) is 20.1 Å². The summed E-state index contributed by atoms with van der Waals surface area (Å²) in [6.07, 6.45) is 6.47. The molecule has 3 heteroatoms. The van der Waals surface area contributed by atoms with Crippen LogP contribution in [0.1, 0.15) is 39.5 Å². The molecule has 1 aliphatic heterocycles. The second-order valence-electron chi connectivity index (χ2n) is 4.50. The van der Waals surface area contributed by atoms with E-state index in [2.05, 4.69) is 12.2 Å². The first-order valence-electron chi connectivity index (χ1n) is 6.33. The maximum atomic E-state index is 12.2. The molecule has 0 aromatic rings. The number of hydrogen-bond donors (Lipinski definition) is 1. The SMILES string of the molecule is CCC=C(C)C(=O)N1CCCCC1CNC. The van der Waals surface area contributed by atoms with Gasteiger partial charge in [-0.15, -0.1) is 0 Å². The van der Waals surface area contributed by atoms with E-state index in [9.17, 15) is 4.79 Å². The Bertz CT molecular complexity index is 259. The highest BCUT2D eigenvalue weighted by Gasteiger charge is 2.26. The summed E-state index contributed by atoms with van der Waals surface area (Å²) in [7, 11) is 1.95. The number of piperidine rings is 1. The number of carbonyl (C=O) groups excluding carboxylic acids is 1. The van der Waals surface area contributed by atoms with Crippen LogP contribution in [0.2, 0.25) is 0 Å². The zero-order valence-electron chi connectivity index (χ0n) is 10.8. The number of nitrogens with zero attached hydrogens (tertiary/aromatic N) is 1. The Morgan fingerprint density at radius 3 is 2.88 bits per heavy atom. The van der Waals surface area contributed by atoms with Crippen molar-refractivity contribution >= 4 is 5.91 Å². The van der Waals surface area contributed by atoms with Gasteiger partial charge >= 0.3 is 0 Å². The molecule has 1 amide bonds. The van der Waals surface area contributed by atoms with Crippen LogP contribution in [-0.2, 0) is 4.79 Å². The van der Waals surface area contributed by atoms with Crippen LogP contribution in [-0.4, -0.2) is 37.0 Å². The predicted molar refractivity (Wildman–Crippen MR) is 67.3 cm³/mol. The lowest BCUT2D eigenvalue weighted by Crippen LogP contribution is -2.48. The molecular formula is C13H24N2O. The average Bonchev–Trinajstić information content (AvgIpc) is 2.29. The summed E-state index contributed by atoms with van der Waals surface area (Å²) >= 11 is 0. The van der Waals surface area contributed by atoms with E-state index in [-0.39, 0.29) is 5.91 Å². The first-order valence-corrected chi connectivity index (χ1v) is 6.33. The molecule has 16 heavy (non-hydrogen) atoms. The molecule has 0 bridgehead atoms. The fourth-order valence-corrected chi connectivity index (χ4v) is 2.34. The molecule has 1 rings (SSSR count). The number of likely N-dealkylation sites (N-methyl/N-ethyl adjacent to an activating group) is 1. The molecular weight excluding hydrogens is 200 g/mol. The molecule has 0 saturated carbocycles. The van der Waals surface area contributed by atoms with E-state index in [1.54, 1.807) is 0 Å². The Labute approximate surface area is 98.9 Å². The second kappa shape index (κ2) is 6.69. The smallest absolute Gasteiger partial charge is 0.249 e. The Balaban J connectivity index is 2.67. The third-order valence-electron chi connectivity index (χ3n) is 3.18. The monoisotopic (exact) mass is 224 g/mol. The summed E-state index contributed by atoms with van der Waals surface area (Å²) in [5.41, 5.74) is 0.894. The van der Waals surface area contributed by atoms with Gasteiger partial charge in [0, 0.05) is 24.7 Å². The predicted octanol–water partition coefficient (Wildman–Crippen LogP) is 1.94. The van der Waals surface area contributed by atoms with Crippen molar-refractivity contribution in [1.29, 1.82) is 0 Å². The quantitative estimate of drug-likeness (QED) is 0.740. The summed E-state index contributed by atoms with van der Waals surface area (Å²) in [6.45, 7) is 5.82. The lowest BCUT2D eigenvalue weighted by molar-refractivity contribution is -0.130. The van der Waals surface area contributed by atoms with Gasteiger partial charge in [-0.25, -0.2) is 0 Å². The minimum Gasteiger partial charge on any atom is -0.335 e. The van der Waals surface area contributed by atoms with Gasteiger partial charge in [-0.05, 0) is 39.7 Å². The van der Waals surface area contributed by atoms with Crippen LogP contribution < -0.4 is 5.32 Å². The Hall–Kier alpha value is -0.830. The van der Waals surface area contributed by atoms with E-state index < -0.39 is 0 Å². The van der Waals surface area contributed by atoms with E-state index in [1.165, 1.54) is 6.42 Å². The average molecular weight is 224 g/mol. The fraction of sp³-hybridized carbons (Fsp3) is 0.769. The number of hydrogen-bond acceptors (Lipinski definition) is 2. The van der Waals surface area contributed by atoms with E-state index in [0.29, 0.717) is 6.04 Å². The van der Waals surface area contributed by atoms with Gasteiger partial charge in [0.1, 0.15) is 0 Å². The first kappa shape index (κ1) is 13.2. The number of allylic oxidation sites excluding steroid dienone is 1. The van der Waals surface area contributed by atoms with Gasteiger partial charge < -0.3 is 10.2 Å². The molecule has 1 N–H and O–H groups in total. The first-order chi connectivity index (χ1) is 7.70. The Morgan fingerprint density at radius 2 is 2.25 bits per heavy atom. The molecule has 3 nitrogen and oxygen atoms in total. The van der Waals surface area contributed by atoms with Crippen molar-refractivity contribution in [2.24, 2.45) is 0 Å². The summed E-state index contributed by atoms with van der Waals surface area (Å²) in [6, 6.07) is 0.381. The van der Waals surface area contributed by atoms with Gasteiger partial charge in [-0.1, -0.05) is 13.0 Å². The standard InChI is InChI=1S/C13H24N2O/c1-4-7-11(2)13(16)15-9-6-5-8-12(15)10-14-3/h7,12,14H,4-6,8-10H2,1-3H3. The van der Waals surface area contributed by atoms with Crippen LogP contribution in [0.15, 0.2) is 11.6 Å². The number of likely N-dealkylation sites (tertiary alicyclic amines) is 1. The van der Waals surface area contributed by atoms with Crippen LogP contribution in [0.25, 0.3) is 0 Å². The number of nitrogens with one attached hydrogen (secondary N) is 1. The lowest BCUT2D eigenvalue weighted by Gasteiger charge is -2.36. The van der Waals surface area contributed by atoms with Gasteiger partial charge in [-0.2, -0.15) is 0 Å². The highest BCUT2D eigenvalue weighted by atomic mass is 16.2. The molecule has 0 aliphatic carbocycles. The van der Waals surface area contributed by atoms with Crippen LogP contribution in [0.4, 0.5) is 0 Å². The van der Waals surface area contributed by atoms with Gasteiger partial charge in [0.2, 0.25) is 5.91 Å². The van der Waals surface area contributed by atoms with E-state index >= 15 is 0 Å². The second-order valence-corrected chi connectivity index (χ2v) is 4.50. The van der Waals surface area contributed by atoms with E-state index in [4.69, 9.17) is 0 Å². The molecule has 1 heterocycles. The lowest BCUT2D eigenvalue weighted by atomic mass is 10.0. The van der Waals surface area contributed by atoms with Gasteiger partial charge in [-0.3, -0.25) is 4.79 Å².